The van der Waals surface area contributed by atoms with Gasteiger partial charge >= 0.3 is 0 Å². The number of piperidine rings is 1. The van der Waals surface area contributed by atoms with Gasteiger partial charge < -0.3 is 15.3 Å². The van der Waals surface area contributed by atoms with Crippen molar-refractivity contribution in [2.45, 2.75) is 25.8 Å². The van der Waals surface area contributed by atoms with E-state index in [-0.39, 0.29) is 17.7 Å². The van der Waals surface area contributed by atoms with Crippen molar-refractivity contribution in [3.8, 4) is 5.75 Å². The Kier molecular flexibility index (Phi) is 4.15. The Morgan fingerprint density at radius 3 is 3.17 bits per heavy atom. The lowest BCUT2D eigenvalue weighted by atomic mass is 10.1. The monoisotopic (exact) mass is 249 g/mol. The summed E-state index contributed by atoms with van der Waals surface area (Å²) in [5, 5.41) is 12.3. The van der Waals surface area contributed by atoms with Crippen LogP contribution in [0.3, 0.4) is 0 Å². The fourth-order valence-corrected chi connectivity index (χ4v) is 2.28. The molecule has 1 unspecified atom stereocenters. The number of pyridine rings is 1. The van der Waals surface area contributed by atoms with Gasteiger partial charge in [0.1, 0.15) is 5.75 Å². The molecule has 18 heavy (non-hydrogen) atoms. The maximum absolute atomic E-state index is 12.0. The van der Waals surface area contributed by atoms with Crippen LogP contribution in [0.1, 0.15) is 30.1 Å². The van der Waals surface area contributed by atoms with Gasteiger partial charge in [0.2, 0.25) is 0 Å². The lowest BCUT2D eigenvalue weighted by Crippen LogP contribution is -2.47. The van der Waals surface area contributed by atoms with Gasteiger partial charge in [-0.2, -0.15) is 0 Å². The zero-order chi connectivity index (χ0) is 13.0. The molecule has 2 rings (SSSR count). The summed E-state index contributed by atoms with van der Waals surface area (Å²) >= 11 is 0. The highest BCUT2D eigenvalue weighted by Gasteiger charge is 2.20. The van der Waals surface area contributed by atoms with E-state index in [9.17, 15) is 9.90 Å². The number of likely N-dealkylation sites (N-methyl/N-ethyl adjacent to an activating group) is 1. The van der Waals surface area contributed by atoms with Crippen LogP contribution in [0.25, 0.3) is 0 Å². The quantitative estimate of drug-likeness (QED) is 0.839. The van der Waals surface area contributed by atoms with E-state index in [2.05, 4.69) is 22.1 Å². The van der Waals surface area contributed by atoms with E-state index in [0.29, 0.717) is 5.56 Å². The molecule has 0 aliphatic carbocycles. The highest BCUT2D eigenvalue weighted by Crippen LogP contribution is 2.12. The van der Waals surface area contributed by atoms with Crippen molar-refractivity contribution in [1.82, 2.24) is 15.2 Å². The van der Waals surface area contributed by atoms with Crippen molar-refractivity contribution in [2.24, 2.45) is 0 Å². The number of hydrogen-bond donors (Lipinski definition) is 2. The van der Waals surface area contributed by atoms with Crippen molar-refractivity contribution in [2.75, 3.05) is 19.6 Å². The number of rotatable bonds is 3. The number of amides is 1. The molecular formula is C13H19N3O2. The van der Waals surface area contributed by atoms with Crippen LogP contribution in [-0.2, 0) is 0 Å². The standard InChI is InChI=1S/C13H19N3O2/c1-2-16-5-3-4-11(9-16)15-13(18)10-6-12(17)8-14-7-10/h6-8,11,17H,2-5,9H2,1H3,(H,15,18). The first-order chi connectivity index (χ1) is 8.69. The van der Waals surface area contributed by atoms with Gasteiger partial charge in [-0.05, 0) is 32.0 Å². The summed E-state index contributed by atoms with van der Waals surface area (Å²) in [5.74, 6) is -0.150. The van der Waals surface area contributed by atoms with E-state index in [4.69, 9.17) is 0 Å². The van der Waals surface area contributed by atoms with Crippen molar-refractivity contribution in [3.05, 3.63) is 24.0 Å². The first-order valence-electron chi connectivity index (χ1n) is 6.36. The molecule has 0 saturated carbocycles. The summed E-state index contributed by atoms with van der Waals surface area (Å²) in [6, 6.07) is 1.62. The maximum atomic E-state index is 12.0. The summed E-state index contributed by atoms with van der Waals surface area (Å²) in [5.41, 5.74) is 0.406. The highest BCUT2D eigenvalue weighted by atomic mass is 16.3. The van der Waals surface area contributed by atoms with Crippen molar-refractivity contribution in [3.63, 3.8) is 0 Å². The molecule has 1 fully saturated rings. The Bertz CT molecular complexity index is 422. The van der Waals surface area contributed by atoms with Crippen LogP contribution in [0.2, 0.25) is 0 Å². The number of carbonyl (C=O) groups is 1. The molecule has 0 aromatic carbocycles. The number of nitrogens with one attached hydrogen (secondary N) is 1. The third kappa shape index (κ3) is 3.20. The molecule has 0 spiro atoms. The van der Waals surface area contributed by atoms with Crippen LogP contribution in [0.5, 0.6) is 5.75 Å². The first kappa shape index (κ1) is 12.8. The van der Waals surface area contributed by atoms with Crippen LogP contribution in [-0.4, -0.2) is 46.6 Å². The van der Waals surface area contributed by atoms with Gasteiger partial charge in [-0.15, -0.1) is 0 Å². The zero-order valence-corrected chi connectivity index (χ0v) is 10.6. The van der Waals surface area contributed by atoms with Crippen molar-refractivity contribution in [1.29, 1.82) is 0 Å². The predicted molar refractivity (Wildman–Crippen MR) is 68.5 cm³/mol. The van der Waals surface area contributed by atoms with Crippen molar-refractivity contribution >= 4 is 5.91 Å². The lowest BCUT2D eigenvalue weighted by molar-refractivity contribution is 0.0905. The summed E-state index contributed by atoms with van der Waals surface area (Å²) in [7, 11) is 0. The molecular weight excluding hydrogens is 230 g/mol. The van der Waals surface area contributed by atoms with Gasteiger partial charge in [0.15, 0.2) is 0 Å². The normalized spacial score (nSPS) is 20.6. The van der Waals surface area contributed by atoms with E-state index >= 15 is 0 Å². The molecule has 0 radical (unpaired) electrons. The number of aromatic nitrogens is 1. The van der Waals surface area contributed by atoms with Crippen LogP contribution >= 0.6 is 0 Å². The molecule has 2 N–H and O–H groups in total. The van der Waals surface area contributed by atoms with E-state index < -0.39 is 0 Å². The van der Waals surface area contributed by atoms with E-state index in [1.165, 1.54) is 18.5 Å². The van der Waals surface area contributed by atoms with Gasteiger partial charge in [0.25, 0.3) is 5.91 Å². The largest absolute Gasteiger partial charge is 0.506 e. The predicted octanol–water partition coefficient (Wildman–Crippen LogP) is 1.00. The van der Waals surface area contributed by atoms with E-state index in [0.717, 1.165) is 32.5 Å². The highest BCUT2D eigenvalue weighted by molar-refractivity contribution is 5.94. The molecule has 98 valence electrons. The number of hydrogen-bond acceptors (Lipinski definition) is 4. The molecule has 1 aliphatic heterocycles. The molecule has 1 atom stereocenters. The van der Waals surface area contributed by atoms with Gasteiger partial charge in [-0.3, -0.25) is 9.78 Å². The maximum Gasteiger partial charge on any atom is 0.253 e. The Morgan fingerprint density at radius 1 is 1.61 bits per heavy atom. The Hall–Kier alpha value is -1.62. The Balaban J connectivity index is 1.95. The minimum absolute atomic E-state index is 0.0153. The molecule has 1 aromatic rings. The average molecular weight is 249 g/mol. The fraction of sp³-hybridized carbons (Fsp3) is 0.538. The summed E-state index contributed by atoms with van der Waals surface area (Å²) in [6.07, 6.45) is 4.90. The van der Waals surface area contributed by atoms with E-state index in [1.807, 2.05) is 0 Å². The molecule has 5 nitrogen and oxygen atoms in total. The van der Waals surface area contributed by atoms with Gasteiger partial charge in [-0.1, -0.05) is 6.92 Å². The second-order valence-electron chi connectivity index (χ2n) is 4.64. The molecule has 1 amide bonds. The van der Waals surface area contributed by atoms with Crippen LogP contribution in [0.4, 0.5) is 0 Å². The third-order valence-electron chi connectivity index (χ3n) is 3.27. The minimum atomic E-state index is -0.165. The summed E-state index contributed by atoms with van der Waals surface area (Å²) in [6.45, 7) is 5.15. The Labute approximate surface area is 107 Å². The molecule has 1 saturated heterocycles. The van der Waals surface area contributed by atoms with Crippen LogP contribution in [0.15, 0.2) is 18.5 Å². The zero-order valence-electron chi connectivity index (χ0n) is 10.6. The van der Waals surface area contributed by atoms with Gasteiger partial charge in [-0.25, -0.2) is 0 Å². The third-order valence-corrected chi connectivity index (χ3v) is 3.27. The molecule has 1 aromatic heterocycles. The number of aromatic hydroxyl groups is 1. The van der Waals surface area contributed by atoms with Gasteiger partial charge in [0.05, 0.1) is 11.8 Å². The second-order valence-corrected chi connectivity index (χ2v) is 4.64. The summed E-state index contributed by atoms with van der Waals surface area (Å²) in [4.78, 5) is 18.1. The minimum Gasteiger partial charge on any atom is -0.506 e. The number of likely N-dealkylation sites (tertiary alicyclic amines) is 1. The fourth-order valence-electron chi connectivity index (χ4n) is 2.28. The lowest BCUT2D eigenvalue weighted by Gasteiger charge is -2.32. The molecule has 5 heteroatoms. The summed E-state index contributed by atoms with van der Waals surface area (Å²) < 4.78 is 0. The molecule has 0 bridgehead atoms. The van der Waals surface area contributed by atoms with E-state index in [1.54, 1.807) is 0 Å². The Morgan fingerprint density at radius 2 is 2.44 bits per heavy atom. The van der Waals surface area contributed by atoms with Crippen LogP contribution < -0.4 is 5.32 Å². The van der Waals surface area contributed by atoms with Gasteiger partial charge in [0, 0.05) is 18.8 Å². The molecule has 1 aliphatic rings. The number of carbonyl (C=O) groups excluding carboxylic acids is 1. The van der Waals surface area contributed by atoms with Crippen LogP contribution in [0, 0.1) is 0 Å². The SMILES string of the molecule is CCN1CCCC(NC(=O)c2cncc(O)c2)C1. The first-order valence-corrected chi connectivity index (χ1v) is 6.36. The topological polar surface area (TPSA) is 65.5 Å². The average Bonchev–Trinajstić information content (AvgIpc) is 2.39. The van der Waals surface area contributed by atoms with Crippen molar-refractivity contribution < 1.29 is 9.90 Å². The molecule has 2 heterocycles. The second kappa shape index (κ2) is 5.82. The smallest absolute Gasteiger partial charge is 0.253 e. The number of nitrogens with zero attached hydrogens (tertiary/aromatic N) is 2.